The molecule has 0 saturated heterocycles. The van der Waals surface area contributed by atoms with Crippen LogP contribution in [-0.4, -0.2) is 30.8 Å². The second-order valence-electron chi connectivity index (χ2n) is 3.13. The van der Waals surface area contributed by atoms with Gasteiger partial charge in [-0.05, 0) is 6.07 Å². The smallest absolute Gasteiger partial charge is 0.265 e. The zero-order valence-corrected chi connectivity index (χ0v) is 10.8. The Kier molecular flexibility index (Phi) is 4.75. The molecule has 0 heterocycles. The van der Waals surface area contributed by atoms with E-state index in [-0.39, 0.29) is 12.5 Å². The summed E-state index contributed by atoms with van der Waals surface area (Å²) in [6, 6.07) is 2.14. The number of hydrogen-bond acceptors (Lipinski definition) is 7. The number of nitro groups is 2. The summed E-state index contributed by atoms with van der Waals surface area (Å²) in [5.41, 5.74) is -1.52. The SMILES string of the molecule is O=[N+]([O-])c1ccc(S(=O)(=O)OCCCl)c([N+](=O)[O-])c1. The molecule has 0 fully saturated rings. The fraction of sp³-hybridized carbons (Fsp3) is 0.250. The number of halogens is 1. The minimum Gasteiger partial charge on any atom is -0.265 e. The second-order valence-corrected chi connectivity index (χ2v) is 5.09. The highest BCUT2D eigenvalue weighted by molar-refractivity contribution is 7.87. The van der Waals surface area contributed by atoms with E-state index in [2.05, 4.69) is 4.18 Å². The highest BCUT2D eigenvalue weighted by Crippen LogP contribution is 2.29. The molecular formula is C8H7ClN2O7S. The van der Waals surface area contributed by atoms with Gasteiger partial charge in [0.2, 0.25) is 0 Å². The first-order valence-electron chi connectivity index (χ1n) is 4.68. The molecule has 0 atom stereocenters. The monoisotopic (exact) mass is 310 g/mol. The number of nitrogens with zero attached hydrogens (tertiary/aromatic N) is 2. The first-order valence-corrected chi connectivity index (χ1v) is 6.62. The Hall–Kier alpha value is -1.78. The topological polar surface area (TPSA) is 130 Å². The second kappa shape index (κ2) is 5.91. The largest absolute Gasteiger partial charge is 0.303 e. The number of rotatable bonds is 6. The van der Waals surface area contributed by atoms with Crippen molar-refractivity contribution in [3.63, 3.8) is 0 Å². The van der Waals surface area contributed by atoms with E-state index in [9.17, 15) is 28.6 Å². The minimum atomic E-state index is -4.39. The molecule has 1 aromatic carbocycles. The minimum absolute atomic E-state index is 0.125. The number of non-ortho nitro benzene ring substituents is 1. The Morgan fingerprint density at radius 1 is 1.21 bits per heavy atom. The molecule has 0 aliphatic carbocycles. The lowest BCUT2D eigenvalue weighted by Gasteiger charge is -2.04. The summed E-state index contributed by atoms with van der Waals surface area (Å²) < 4.78 is 27.7. The van der Waals surface area contributed by atoms with Gasteiger partial charge in [0.1, 0.15) is 0 Å². The van der Waals surface area contributed by atoms with E-state index >= 15 is 0 Å². The lowest BCUT2D eigenvalue weighted by Crippen LogP contribution is -2.11. The van der Waals surface area contributed by atoms with Crippen molar-refractivity contribution in [2.24, 2.45) is 0 Å². The summed E-state index contributed by atoms with van der Waals surface area (Å²) in [4.78, 5) is 18.6. The fourth-order valence-corrected chi connectivity index (χ4v) is 2.40. The van der Waals surface area contributed by atoms with Gasteiger partial charge in [-0.25, -0.2) is 0 Å². The summed E-state index contributed by atoms with van der Waals surface area (Å²) in [5, 5.41) is 21.2. The summed E-state index contributed by atoms with van der Waals surface area (Å²) in [6.45, 7) is -0.363. The maximum Gasteiger partial charge on any atom is 0.303 e. The molecule has 104 valence electrons. The highest BCUT2D eigenvalue weighted by Gasteiger charge is 2.29. The van der Waals surface area contributed by atoms with Crippen molar-refractivity contribution in [1.29, 1.82) is 0 Å². The third-order valence-electron chi connectivity index (χ3n) is 1.94. The molecular weight excluding hydrogens is 304 g/mol. The van der Waals surface area contributed by atoms with E-state index in [0.29, 0.717) is 6.07 Å². The van der Waals surface area contributed by atoms with E-state index in [1.54, 1.807) is 0 Å². The number of hydrogen-bond donors (Lipinski definition) is 0. The van der Waals surface area contributed by atoms with Crippen molar-refractivity contribution in [3.05, 3.63) is 38.4 Å². The van der Waals surface area contributed by atoms with Crippen LogP contribution in [0.5, 0.6) is 0 Å². The van der Waals surface area contributed by atoms with Gasteiger partial charge in [-0.1, -0.05) is 0 Å². The quantitative estimate of drug-likeness (QED) is 0.336. The van der Waals surface area contributed by atoms with E-state index < -0.39 is 36.2 Å². The lowest BCUT2D eigenvalue weighted by atomic mass is 10.3. The maximum atomic E-state index is 11.6. The van der Waals surface area contributed by atoms with Gasteiger partial charge in [0, 0.05) is 11.9 Å². The zero-order chi connectivity index (χ0) is 14.6. The van der Waals surface area contributed by atoms with Crippen molar-refractivity contribution < 1.29 is 22.4 Å². The predicted molar refractivity (Wildman–Crippen MR) is 63.6 cm³/mol. The Bertz CT molecular complexity index is 616. The van der Waals surface area contributed by atoms with Gasteiger partial charge in [0.15, 0.2) is 4.90 Å². The van der Waals surface area contributed by atoms with Crippen molar-refractivity contribution >= 4 is 33.1 Å². The van der Waals surface area contributed by atoms with Gasteiger partial charge in [0.25, 0.3) is 11.4 Å². The van der Waals surface area contributed by atoms with Crippen LogP contribution in [0.2, 0.25) is 0 Å². The molecule has 19 heavy (non-hydrogen) atoms. The predicted octanol–water partition coefficient (Wildman–Crippen LogP) is 1.45. The van der Waals surface area contributed by atoms with Gasteiger partial charge >= 0.3 is 10.1 Å². The van der Waals surface area contributed by atoms with E-state index in [4.69, 9.17) is 11.6 Å². The molecule has 0 unspecified atom stereocenters. The van der Waals surface area contributed by atoms with Crippen LogP contribution in [0, 0.1) is 20.2 Å². The summed E-state index contributed by atoms with van der Waals surface area (Å²) in [5.74, 6) is -0.125. The Morgan fingerprint density at radius 2 is 1.84 bits per heavy atom. The van der Waals surface area contributed by atoms with Gasteiger partial charge in [0.05, 0.1) is 22.5 Å². The third kappa shape index (κ3) is 3.59. The summed E-state index contributed by atoms with van der Waals surface area (Å²) >= 11 is 5.25. The first-order chi connectivity index (χ1) is 8.79. The Morgan fingerprint density at radius 3 is 2.32 bits per heavy atom. The van der Waals surface area contributed by atoms with Crippen LogP contribution in [0.4, 0.5) is 11.4 Å². The third-order valence-corrected chi connectivity index (χ3v) is 3.45. The average Bonchev–Trinajstić information content (AvgIpc) is 2.35. The van der Waals surface area contributed by atoms with Gasteiger partial charge in [-0.2, -0.15) is 8.42 Å². The molecule has 0 radical (unpaired) electrons. The average molecular weight is 311 g/mol. The number of nitro benzene ring substituents is 2. The lowest BCUT2D eigenvalue weighted by molar-refractivity contribution is -0.396. The van der Waals surface area contributed by atoms with Crippen molar-refractivity contribution in [2.75, 3.05) is 12.5 Å². The molecule has 0 spiro atoms. The summed E-state index contributed by atoms with van der Waals surface area (Å²) in [7, 11) is -4.39. The van der Waals surface area contributed by atoms with Gasteiger partial charge < -0.3 is 0 Å². The zero-order valence-electron chi connectivity index (χ0n) is 9.18. The van der Waals surface area contributed by atoms with Crippen LogP contribution in [0.1, 0.15) is 0 Å². The molecule has 9 nitrogen and oxygen atoms in total. The van der Waals surface area contributed by atoms with Crippen molar-refractivity contribution in [2.45, 2.75) is 4.90 Å². The van der Waals surface area contributed by atoms with Crippen LogP contribution < -0.4 is 0 Å². The van der Waals surface area contributed by atoms with E-state index in [1.807, 2.05) is 0 Å². The molecule has 11 heteroatoms. The van der Waals surface area contributed by atoms with Crippen LogP contribution in [0.3, 0.4) is 0 Å². The van der Waals surface area contributed by atoms with Crippen molar-refractivity contribution in [1.82, 2.24) is 0 Å². The van der Waals surface area contributed by atoms with E-state index in [0.717, 1.165) is 12.1 Å². The van der Waals surface area contributed by atoms with Crippen LogP contribution in [0.15, 0.2) is 23.1 Å². The molecule has 1 rings (SSSR count). The van der Waals surface area contributed by atoms with Crippen LogP contribution in [-0.2, 0) is 14.3 Å². The molecule has 0 aromatic heterocycles. The normalized spacial score (nSPS) is 11.2. The number of benzene rings is 1. The van der Waals surface area contributed by atoms with Gasteiger partial charge in [-0.15, -0.1) is 11.6 Å². The molecule has 0 saturated carbocycles. The Labute approximate surface area is 112 Å². The fourth-order valence-electron chi connectivity index (χ4n) is 1.18. The maximum absolute atomic E-state index is 11.6. The molecule has 0 amide bonds. The van der Waals surface area contributed by atoms with Crippen LogP contribution >= 0.6 is 11.6 Å². The molecule has 1 aromatic rings. The molecule has 0 bridgehead atoms. The summed E-state index contributed by atoms with van der Waals surface area (Å²) in [6.07, 6.45) is 0. The number of alkyl halides is 1. The molecule has 0 N–H and O–H groups in total. The Balaban J connectivity index is 3.36. The molecule has 0 aliphatic rings. The first kappa shape index (κ1) is 15.3. The van der Waals surface area contributed by atoms with Crippen molar-refractivity contribution in [3.8, 4) is 0 Å². The highest BCUT2D eigenvalue weighted by atomic mass is 35.5. The van der Waals surface area contributed by atoms with Gasteiger partial charge in [-0.3, -0.25) is 24.4 Å². The van der Waals surface area contributed by atoms with Crippen LogP contribution in [0.25, 0.3) is 0 Å². The standard InChI is InChI=1S/C8H7ClN2O7S/c9-3-4-18-19(16,17)8-2-1-6(10(12)13)5-7(8)11(14)15/h1-2,5H,3-4H2. The molecule has 0 aliphatic heterocycles. The van der Waals surface area contributed by atoms with E-state index in [1.165, 1.54) is 0 Å².